The first-order valence-corrected chi connectivity index (χ1v) is 25.8. The summed E-state index contributed by atoms with van der Waals surface area (Å²) < 4.78 is 5.54. The minimum Gasteiger partial charge on any atom is -0.504 e. The van der Waals surface area contributed by atoms with Crippen LogP contribution in [0.2, 0.25) is 0 Å². The maximum absolute atomic E-state index is 14.7. The van der Waals surface area contributed by atoms with E-state index in [1.165, 1.54) is 7.11 Å². The van der Waals surface area contributed by atoms with Crippen molar-refractivity contribution < 1.29 is 34.8 Å². The van der Waals surface area contributed by atoms with Crippen LogP contribution in [0.1, 0.15) is 106 Å². The van der Waals surface area contributed by atoms with Crippen molar-refractivity contribution in [2.45, 2.75) is 120 Å². The molecule has 2 aliphatic heterocycles. The maximum atomic E-state index is 14.7. The van der Waals surface area contributed by atoms with E-state index in [9.17, 15) is 30.0 Å². The van der Waals surface area contributed by atoms with Gasteiger partial charge < -0.3 is 46.8 Å². The van der Waals surface area contributed by atoms with E-state index in [0.717, 1.165) is 79.2 Å². The number of fused-ring (bicyclic) bond motifs is 2. The van der Waals surface area contributed by atoms with E-state index in [1.54, 1.807) is 12.1 Å². The number of piperidine rings is 1. The Morgan fingerprint density at radius 1 is 0.941 bits per heavy atom. The molecule has 9 N–H and O–H groups in total. The molecular formula is C57H72N4O7. The third-order valence-corrected chi connectivity index (χ3v) is 18.2. The van der Waals surface area contributed by atoms with Crippen molar-refractivity contribution in [1.82, 2.24) is 16.0 Å². The zero-order valence-electron chi connectivity index (χ0n) is 39.8. The molecule has 5 aliphatic carbocycles. The Kier molecular flexibility index (Phi) is 13.5. The van der Waals surface area contributed by atoms with Gasteiger partial charge in [0.1, 0.15) is 11.2 Å². The summed E-state index contributed by atoms with van der Waals surface area (Å²) in [7, 11) is 1.50. The molecule has 0 bridgehead atoms. The number of methoxy groups -OCH3 is 1. The van der Waals surface area contributed by atoms with Gasteiger partial charge in [-0.3, -0.25) is 9.59 Å². The van der Waals surface area contributed by atoms with Gasteiger partial charge in [-0.2, -0.15) is 0 Å². The Labute approximate surface area is 401 Å². The number of dihydropyridines is 1. The van der Waals surface area contributed by atoms with Gasteiger partial charge in [-0.05, 0) is 176 Å². The molecule has 0 radical (unpaired) electrons. The number of nitrogens with one attached hydrogen (secondary N) is 3. The summed E-state index contributed by atoms with van der Waals surface area (Å²) in [6.45, 7) is 5.53. The number of hydrogen-bond acceptors (Lipinski definition) is 11. The van der Waals surface area contributed by atoms with E-state index in [-0.39, 0.29) is 48.4 Å². The largest absolute Gasteiger partial charge is 0.504 e. The van der Waals surface area contributed by atoms with Gasteiger partial charge in [-0.1, -0.05) is 67.3 Å². The number of hydrogen-bond donors (Lipinski definition) is 8. The van der Waals surface area contributed by atoms with E-state index in [0.29, 0.717) is 96.9 Å². The molecule has 11 nitrogen and oxygen atoms in total. The van der Waals surface area contributed by atoms with Crippen LogP contribution in [0.15, 0.2) is 78.1 Å². The van der Waals surface area contributed by atoms with Gasteiger partial charge in [0.2, 0.25) is 0 Å². The molecule has 1 saturated heterocycles. The van der Waals surface area contributed by atoms with Crippen LogP contribution in [0.25, 0.3) is 10.8 Å². The molecule has 3 aromatic carbocycles. The van der Waals surface area contributed by atoms with E-state index >= 15 is 0 Å². The van der Waals surface area contributed by atoms with Crippen LogP contribution >= 0.6 is 0 Å². The highest BCUT2D eigenvalue weighted by Crippen LogP contribution is 2.60. The molecule has 0 amide bonds. The van der Waals surface area contributed by atoms with Crippen LogP contribution in [-0.2, 0) is 16.0 Å². The standard InChI is InChI=1S/C57H72N4O7/c1-3-59-31-46-42-12-10-39-21-41(62)27-47-56(39)55(42)40(30-61-47)22-45(46)37-15-18-57(53(67)25-37)17-14-36(44-29-50(65)51(68-2)24-35(44)11-13-52(57)66)23-48(63)49(64)28-43(38-16-19-60-54(58)26-38)34-9-8-32-6-4-5-7-33(32)20-34/h4-9,16,20,24,26,29,36-37,39-40,42-43,45-49,53,55-56,59-61,63-65,67H,3,10-13,15,18-19,21-23,25,27-28,30-31,58H2,1-2H3/t36-,37+,39+,40+,42+,43+,45-,46+,47-,48+,49-,53-,55-,56-,57-/m1/s1. The van der Waals surface area contributed by atoms with Crippen molar-refractivity contribution in [3.63, 3.8) is 0 Å². The predicted octanol–water partition coefficient (Wildman–Crippen LogP) is 6.37. The molecule has 4 saturated carbocycles. The van der Waals surface area contributed by atoms with Crippen LogP contribution in [0.3, 0.4) is 0 Å². The zero-order chi connectivity index (χ0) is 47.3. The Morgan fingerprint density at radius 2 is 1.78 bits per heavy atom. The number of carbonyl (C=O) groups excluding carboxylic acids is 2. The Morgan fingerprint density at radius 3 is 2.57 bits per heavy atom. The highest BCUT2D eigenvalue weighted by Gasteiger charge is 2.59. The lowest BCUT2D eigenvalue weighted by Crippen LogP contribution is -2.64. The number of nitrogens with two attached hydrogens (primary N) is 1. The zero-order valence-corrected chi connectivity index (χ0v) is 39.8. The van der Waals surface area contributed by atoms with Gasteiger partial charge in [0.25, 0.3) is 0 Å². The van der Waals surface area contributed by atoms with Crippen molar-refractivity contribution in [3.8, 4) is 23.3 Å². The number of Topliss-reactive ketones (excluding diaryl/α,β-unsaturated/α-hetero) is 2. The summed E-state index contributed by atoms with van der Waals surface area (Å²) in [5, 5.41) is 60.7. The SMILES string of the molecule is CCNC[C@@H]1[C@@H]([C@H]2CC[C@@]3(C#C[C@H](C[C@H](O)[C@H](O)C[C@H](C4=CCNC(N)=C4)c4ccc5ccccc5c4)c4cc(O)c(OC)cc4CCC3=O)[C@H](O)C2)C[C@H]2CN[C@@H]3CC(=O)C[C@@H]4CC[C@@H]1[C@@H]2[C@H]43. The number of carbonyl (C=O) groups is 2. The molecule has 5 fully saturated rings. The molecule has 10 rings (SSSR count). The number of ether oxygens (including phenoxy) is 1. The molecule has 0 aromatic heterocycles. The summed E-state index contributed by atoms with van der Waals surface area (Å²) in [4.78, 5) is 27.5. The lowest BCUT2D eigenvalue weighted by Gasteiger charge is -2.62. The lowest BCUT2D eigenvalue weighted by atomic mass is 9.46. The first kappa shape index (κ1) is 47.0. The Bertz CT molecular complexity index is 2500. The fourth-order valence-electron chi connectivity index (χ4n) is 14.9. The van der Waals surface area contributed by atoms with Crippen molar-refractivity contribution in [1.29, 1.82) is 0 Å². The number of allylic oxidation sites excluding steroid dienone is 2. The smallest absolute Gasteiger partial charge is 0.160 e. The minimum absolute atomic E-state index is 0.0436. The van der Waals surface area contributed by atoms with Crippen LogP contribution in [0.4, 0.5) is 0 Å². The number of phenolic OH excluding ortho intramolecular Hbond substituents is 1. The molecule has 7 aliphatic rings. The number of rotatable bonds is 12. The van der Waals surface area contributed by atoms with Crippen molar-refractivity contribution in [2.24, 2.45) is 58.5 Å². The topological polar surface area (TPSA) is 186 Å². The number of phenols is 1. The van der Waals surface area contributed by atoms with Gasteiger partial charge >= 0.3 is 0 Å². The Balaban J connectivity index is 0.922. The third kappa shape index (κ3) is 8.89. The van der Waals surface area contributed by atoms with E-state index in [4.69, 9.17) is 10.5 Å². The summed E-state index contributed by atoms with van der Waals surface area (Å²) in [5.74, 6) is 11.0. The highest BCUT2D eigenvalue weighted by molar-refractivity contribution is 5.89. The summed E-state index contributed by atoms with van der Waals surface area (Å²) >= 11 is 0. The van der Waals surface area contributed by atoms with Crippen molar-refractivity contribution in [3.05, 3.63) is 94.8 Å². The molecule has 3 aromatic rings. The average molecular weight is 925 g/mol. The molecular weight excluding hydrogens is 853 g/mol. The monoisotopic (exact) mass is 925 g/mol. The second-order valence-electron chi connectivity index (χ2n) is 21.7. The van der Waals surface area contributed by atoms with Crippen molar-refractivity contribution in [2.75, 3.05) is 33.3 Å². The maximum Gasteiger partial charge on any atom is 0.160 e. The summed E-state index contributed by atoms with van der Waals surface area (Å²) in [6, 6.07) is 18.2. The number of aryl methyl sites for hydroxylation is 1. The first-order chi connectivity index (χ1) is 32.9. The van der Waals surface area contributed by atoms with Crippen molar-refractivity contribution >= 4 is 22.3 Å². The van der Waals surface area contributed by atoms with Crippen LogP contribution < -0.4 is 26.4 Å². The van der Waals surface area contributed by atoms with E-state index in [1.807, 2.05) is 18.2 Å². The number of aromatic hydroxyl groups is 1. The minimum atomic E-state index is -1.28. The molecule has 0 unspecified atom stereocenters. The van der Waals surface area contributed by atoms with Gasteiger partial charge in [0, 0.05) is 43.7 Å². The van der Waals surface area contributed by atoms with E-state index in [2.05, 4.69) is 71.1 Å². The van der Waals surface area contributed by atoms with Gasteiger partial charge in [0.15, 0.2) is 17.3 Å². The second kappa shape index (κ2) is 19.6. The van der Waals surface area contributed by atoms with Gasteiger partial charge in [0.05, 0.1) is 31.2 Å². The summed E-state index contributed by atoms with van der Waals surface area (Å²) in [5.41, 5.74) is 8.42. The number of ketones is 2. The number of aliphatic hydroxyl groups is 3. The fraction of sp³-hybridized carbons (Fsp3) is 0.579. The second-order valence-corrected chi connectivity index (χ2v) is 21.7. The molecule has 362 valence electrons. The highest BCUT2D eigenvalue weighted by atomic mass is 16.5. The van der Waals surface area contributed by atoms with Crippen LogP contribution in [-0.4, -0.2) is 89.6 Å². The quantitative estimate of drug-likeness (QED) is 0.0944. The van der Waals surface area contributed by atoms with Crippen LogP contribution in [0, 0.1) is 64.6 Å². The Hall–Kier alpha value is -4.70. The third-order valence-electron chi connectivity index (χ3n) is 18.2. The van der Waals surface area contributed by atoms with Crippen LogP contribution in [0.5, 0.6) is 11.5 Å². The molecule has 15 atom stereocenters. The van der Waals surface area contributed by atoms with E-state index < -0.39 is 29.6 Å². The number of benzene rings is 3. The molecule has 2 heterocycles. The summed E-state index contributed by atoms with van der Waals surface area (Å²) in [6.07, 6.45) is 7.93. The fourth-order valence-corrected chi connectivity index (χ4v) is 14.9. The molecule has 1 spiro atoms. The average Bonchev–Trinajstić information content (AvgIpc) is 3.39. The van der Waals surface area contributed by atoms with Gasteiger partial charge in [-0.15, -0.1) is 0 Å². The lowest BCUT2D eigenvalue weighted by molar-refractivity contribution is -0.143. The molecule has 11 heteroatoms. The molecule has 68 heavy (non-hydrogen) atoms. The number of aliphatic hydroxyl groups excluding tert-OH is 3. The van der Waals surface area contributed by atoms with Gasteiger partial charge in [-0.25, -0.2) is 0 Å². The normalized spacial score (nSPS) is 34.6. The predicted molar refractivity (Wildman–Crippen MR) is 263 cm³/mol. The first-order valence-electron chi connectivity index (χ1n) is 25.8.